The summed E-state index contributed by atoms with van der Waals surface area (Å²) in [5, 5.41) is 1.21. The van der Waals surface area contributed by atoms with Crippen LogP contribution in [0.1, 0.15) is 30.4 Å². The number of nitrogens with one attached hydrogen (secondary N) is 1. The predicted molar refractivity (Wildman–Crippen MR) is 96.1 cm³/mol. The minimum absolute atomic E-state index is 0.230. The molecule has 0 amide bonds. The van der Waals surface area contributed by atoms with Gasteiger partial charge >= 0.3 is 0 Å². The summed E-state index contributed by atoms with van der Waals surface area (Å²) in [6, 6.07) is 6.64. The fourth-order valence-corrected chi connectivity index (χ4v) is 5.87. The molecule has 2 fully saturated rings. The third-order valence-corrected chi connectivity index (χ3v) is 7.21. The van der Waals surface area contributed by atoms with E-state index in [1.807, 2.05) is 7.05 Å². The van der Waals surface area contributed by atoms with Crippen molar-refractivity contribution in [3.8, 4) is 0 Å². The van der Waals surface area contributed by atoms with Gasteiger partial charge in [0.15, 0.2) is 0 Å². The Morgan fingerprint density at radius 2 is 2.12 bits per heavy atom. The van der Waals surface area contributed by atoms with E-state index < -0.39 is 10.2 Å². The third kappa shape index (κ3) is 2.76. The van der Waals surface area contributed by atoms with Gasteiger partial charge in [-0.15, -0.1) is 0 Å². The SMILES string of the molecule is Cc1ccc2c(CCNS(=O)(=O)N3CC4CCC3C4)cn(C)c2c1. The summed E-state index contributed by atoms with van der Waals surface area (Å²) in [4.78, 5) is 0. The summed E-state index contributed by atoms with van der Waals surface area (Å²) < 4.78 is 31.7. The van der Waals surface area contributed by atoms with Gasteiger partial charge in [0.1, 0.15) is 0 Å². The summed E-state index contributed by atoms with van der Waals surface area (Å²) >= 11 is 0. The van der Waals surface area contributed by atoms with Gasteiger partial charge in [0.25, 0.3) is 10.2 Å². The monoisotopic (exact) mass is 347 g/mol. The van der Waals surface area contributed by atoms with Gasteiger partial charge in [-0.25, -0.2) is 4.72 Å². The molecule has 2 unspecified atom stereocenters. The van der Waals surface area contributed by atoms with Crippen LogP contribution >= 0.6 is 0 Å². The van der Waals surface area contributed by atoms with Crippen molar-refractivity contribution in [1.82, 2.24) is 13.6 Å². The number of benzene rings is 1. The molecule has 2 heterocycles. The maximum Gasteiger partial charge on any atom is 0.279 e. The number of hydrogen-bond donors (Lipinski definition) is 1. The molecule has 2 aromatic rings. The molecule has 2 aliphatic rings. The number of hydrogen-bond acceptors (Lipinski definition) is 2. The van der Waals surface area contributed by atoms with E-state index in [9.17, 15) is 8.42 Å². The van der Waals surface area contributed by atoms with E-state index >= 15 is 0 Å². The van der Waals surface area contributed by atoms with Crippen molar-refractivity contribution >= 4 is 21.1 Å². The van der Waals surface area contributed by atoms with Gasteiger partial charge in [-0.2, -0.15) is 12.7 Å². The van der Waals surface area contributed by atoms with Gasteiger partial charge in [0.2, 0.25) is 0 Å². The van der Waals surface area contributed by atoms with E-state index in [-0.39, 0.29) is 6.04 Å². The topological polar surface area (TPSA) is 54.3 Å². The summed E-state index contributed by atoms with van der Waals surface area (Å²) in [5.41, 5.74) is 3.63. The van der Waals surface area contributed by atoms with Crippen LogP contribution in [0.2, 0.25) is 0 Å². The second-order valence-corrected chi connectivity index (χ2v) is 9.05. The normalized spacial score (nSPS) is 24.2. The smallest absolute Gasteiger partial charge is 0.279 e. The number of aromatic nitrogens is 1. The number of rotatable bonds is 5. The van der Waals surface area contributed by atoms with Gasteiger partial charge in [0.05, 0.1) is 0 Å². The molecule has 1 aliphatic carbocycles. The molecule has 1 aromatic carbocycles. The predicted octanol–water partition coefficient (Wildman–Crippen LogP) is 2.35. The average molecular weight is 347 g/mol. The zero-order chi connectivity index (χ0) is 16.9. The Balaban J connectivity index is 1.44. The van der Waals surface area contributed by atoms with Crippen LogP contribution in [0.25, 0.3) is 10.9 Å². The Bertz CT molecular complexity index is 872. The van der Waals surface area contributed by atoms with E-state index in [0.29, 0.717) is 25.4 Å². The zero-order valence-corrected chi connectivity index (χ0v) is 15.1. The molecule has 1 saturated carbocycles. The van der Waals surface area contributed by atoms with Gasteiger partial charge in [-0.05, 0) is 55.7 Å². The van der Waals surface area contributed by atoms with Gasteiger partial charge in [0, 0.05) is 43.3 Å². The molecule has 130 valence electrons. The molecule has 2 atom stereocenters. The van der Waals surface area contributed by atoms with Crippen molar-refractivity contribution in [3.05, 3.63) is 35.5 Å². The second kappa shape index (κ2) is 5.86. The molecule has 1 N–H and O–H groups in total. The minimum atomic E-state index is -3.34. The van der Waals surface area contributed by atoms with Crippen molar-refractivity contribution < 1.29 is 8.42 Å². The lowest BCUT2D eigenvalue weighted by molar-refractivity contribution is 0.329. The molecular weight excluding hydrogens is 322 g/mol. The molecule has 1 aliphatic heterocycles. The highest BCUT2D eigenvalue weighted by Crippen LogP contribution is 2.38. The summed E-state index contributed by atoms with van der Waals surface area (Å²) in [6.07, 6.45) is 6.07. The van der Waals surface area contributed by atoms with Crippen molar-refractivity contribution in [2.75, 3.05) is 13.1 Å². The molecule has 6 heteroatoms. The van der Waals surface area contributed by atoms with Crippen LogP contribution < -0.4 is 4.72 Å². The standard InChI is InChI=1S/C18H25N3O2S/c1-13-3-6-17-15(12-20(2)18(17)9-13)7-8-19-24(22,23)21-11-14-4-5-16(21)10-14/h3,6,9,12,14,16,19H,4-5,7-8,10-11H2,1-2H3. The first kappa shape index (κ1) is 16.1. The molecule has 2 bridgehead atoms. The van der Waals surface area contributed by atoms with Crippen molar-refractivity contribution in [2.45, 2.75) is 38.6 Å². The first-order valence-corrected chi connectivity index (χ1v) is 10.2. The molecule has 1 aromatic heterocycles. The number of fused-ring (bicyclic) bond motifs is 3. The zero-order valence-electron chi connectivity index (χ0n) is 14.3. The highest BCUT2D eigenvalue weighted by atomic mass is 32.2. The van der Waals surface area contributed by atoms with E-state index in [4.69, 9.17) is 0 Å². The van der Waals surface area contributed by atoms with Crippen molar-refractivity contribution in [2.24, 2.45) is 13.0 Å². The first-order chi connectivity index (χ1) is 11.4. The Kier molecular flexibility index (Phi) is 3.94. The number of aryl methyl sites for hydroxylation is 2. The van der Waals surface area contributed by atoms with Crippen molar-refractivity contribution in [3.63, 3.8) is 0 Å². The van der Waals surface area contributed by atoms with E-state index in [1.165, 1.54) is 28.5 Å². The summed E-state index contributed by atoms with van der Waals surface area (Å²) in [7, 11) is -1.30. The van der Waals surface area contributed by atoms with Crippen LogP contribution in [0.4, 0.5) is 0 Å². The van der Waals surface area contributed by atoms with Gasteiger partial charge < -0.3 is 4.57 Å². The van der Waals surface area contributed by atoms with E-state index in [1.54, 1.807) is 4.31 Å². The molecule has 24 heavy (non-hydrogen) atoms. The quantitative estimate of drug-likeness (QED) is 0.903. The van der Waals surface area contributed by atoms with Crippen LogP contribution in [0.15, 0.2) is 24.4 Å². The minimum Gasteiger partial charge on any atom is -0.350 e. The Labute approximate surface area is 143 Å². The van der Waals surface area contributed by atoms with E-state index in [0.717, 1.165) is 12.8 Å². The fourth-order valence-electron chi connectivity index (χ4n) is 4.35. The largest absolute Gasteiger partial charge is 0.350 e. The van der Waals surface area contributed by atoms with Crippen LogP contribution in [-0.2, 0) is 23.7 Å². The van der Waals surface area contributed by atoms with Crippen LogP contribution in [0.3, 0.4) is 0 Å². The van der Waals surface area contributed by atoms with Crippen LogP contribution in [0, 0.1) is 12.8 Å². The third-order valence-electron chi connectivity index (χ3n) is 5.58. The van der Waals surface area contributed by atoms with Gasteiger partial charge in [-0.1, -0.05) is 12.1 Å². The van der Waals surface area contributed by atoms with Crippen molar-refractivity contribution in [1.29, 1.82) is 0 Å². The second-order valence-electron chi connectivity index (χ2n) is 7.34. The molecular formula is C18H25N3O2S. The maximum atomic E-state index is 12.5. The van der Waals surface area contributed by atoms with Crippen LogP contribution in [0.5, 0.6) is 0 Å². The van der Waals surface area contributed by atoms with Crippen LogP contribution in [-0.4, -0.2) is 36.4 Å². The van der Waals surface area contributed by atoms with Gasteiger partial charge in [-0.3, -0.25) is 0 Å². The highest BCUT2D eigenvalue weighted by molar-refractivity contribution is 7.87. The summed E-state index contributed by atoms with van der Waals surface area (Å²) in [6.45, 7) is 3.24. The Morgan fingerprint density at radius 3 is 2.83 bits per heavy atom. The fraction of sp³-hybridized carbons (Fsp3) is 0.556. The lowest BCUT2D eigenvalue weighted by Crippen LogP contribution is -2.45. The Hall–Kier alpha value is -1.37. The molecule has 5 nitrogen and oxygen atoms in total. The Morgan fingerprint density at radius 1 is 1.29 bits per heavy atom. The lowest BCUT2D eigenvalue weighted by Gasteiger charge is -2.26. The first-order valence-electron chi connectivity index (χ1n) is 8.75. The highest BCUT2D eigenvalue weighted by Gasteiger charge is 2.43. The average Bonchev–Trinajstić information content (AvgIpc) is 3.23. The van der Waals surface area contributed by atoms with E-state index in [2.05, 4.69) is 40.6 Å². The molecule has 0 radical (unpaired) electrons. The maximum absolute atomic E-state index is 12.5. The molecule has 0 spiro atoms. The summed E-state index contributed by atoms with van der Waals surface area (Å²) in [5.74, 6) is 0.577. The molecule has 1 saturated heterocycles. The number of piperidine rings is 1. The lowest BCUT2D eigenvalue weighted by atomic mass is 10.1. The molecule has 4 rings (SSSR count). The number of nitrogens with zero attached hydrogens (tertiary/aromatic N) is 2.